The molecule has 0 aliphatic carbocycles. The second kappa shape index (κ2) is 5.53. The van der Waals surface area contributed by atoms with E-state index in [4.69, 9.17) is 4.74 Å². The molecule has 0 aliphatic rings. The summed E-state index contributed by atoms with van der Waals surface area (Å²) in [5.41, 5.74) is 3.21. The van der Waals surface area contributed by atoms with Gasteiger partial charge in [-0.15, -0.1) is 0 Å². The van der Waals surface area contributed by atoms with Crippen molar-refractivity contribution < 1.29 is 4.74 Å². The van der Waals surface area contributed by atoms with E-state index in [9.17, 15) is 0 Å². The molecule has 0 spiro atoms. The molecule has 2 heterocycles. The van der Waals surface area contributed by atoms with Crippen LogP contribution in [0.5, 0.6) is 5.88 Å². The molecule has 5 heteroatoms. The van der Waals surface area contributed by atoms with Crippen LogP contribution in [0.15, 0.2) is 24.5 Å². The van der Waals surface area contributed by atoms with Gasteiger partial charge in [0, 0.05) is 31.4 Å². The summed E-state index contributed by atoms with van der Waals surface area (Å²) in [6.07, 6.45) is 3.79. The Morgan fingerprint density at radius 2 is 2.22 bits per heavy atom. The van der Waals surface area contributed by atoms with Crippen molar-refractivity contribution in [1.82, 2.24) is 14.8 Å². The van der Waals surface area contributed by atoms with E-state index in [0.717, 1.165) is 17.9 Å². The standard InChI is InChI=1S/C13H18N4O/c1-4-18-13-6-5-12(8-15-13)14-7-11-9-17(3)16-10(11)2/h5-6,8-9,14H,4,7H2,1-3H3. The van der Waals surface area contributed by atoms with Crippen molar-refractivity contribution in [2.45, 2.75) is 20.4 Å². The van der Waals surface area contributed by atoms with Crippen LogP contribution in [0.2, 0.25) is 0 Å². The summed E-state index contributed by atoms with van der Waals surface area (Å²) in [4.78, 5) is 4.20. The third kappa shape index (κ3) is 3.00. The average Bonchev–Trinajstić information content (AvgIpc) is 2.67. The van der Waals surface area contributed by atoms with Crippen molar-refractivity contribution in [1.29, 1.82) is 0 Å². The maximum Gasteiger partial charge on any atom is 0.213 e. The van der Waals surface area contributed by atoms with Crippen LogP contribution in [0, 0.1) is 6.92 Å². The lowest BCUT2D eigenvalue weighted by Crippen LogP contribution is -2.01. The molecule has 2 aromatic heterocycles. The molecule has 0 saturated carbocycles. The average molecular weight is 246 g/mol. The molecule has 0 fully saturated rings. The van der Waals surface area contributed by atoms with Gasteiger partial charge in [-0.1, -0.05) is 0 Å². The largest absolute Gasteiger partial charge is 0.478 e. The number of hydrogen-bond donors (Lipinski definition) is 1. The molecule has 0 amide bonds. The van der Waals surface area contributed by atoms with Crippen molar-refractivity contribution >= 4 is 5.69 Å². The molecule has 0 aromatic carbocycles. The Morgan fingerprint density at radius 1 is 1.39 bits per heavy atom. The van der Waals surface area contributed by atoms with Gasteiger partial charge in [0.1, 0.15) is 0 Å². The normalized spacial score (nSPS) is 10.4. The van der Waals surface area contributed by atoms with Crippen molar-refractivity contribution in [2.24, 2.45) is 7.05 Å². The Bertz CT molecular complexity index is 504. The molecule has 0 unspecified atom stereocenters. The highest BCUT2D eigenvalue weighted by atomic mass is 16.5. The zero-order chi connectivity index (χ0) is 13.0. The fraction of sp³-hybridized carbons (Fsp3) is 0.385. The highest BCUT2D eigenvalue weighted by molar-refractivity contribution is 5.42. The van der Waals surface area contributed by atoms with Crippen LogP contribution in [-0.4, -0.2) is 21.4 Å². The number of ether oxygens (including phenoxy) is 1. The van der Waals surface area contributed by atoms with Crippen molar-refractivity contribution in [2.75, 3.05) is 11.9 Å². The van der Waals surface area contributed by atoms with Gasteiger partial charge < -0.3 is 10.1 Å². The number of nitrogens with one attached hydrogen (secondary N) is 1. The second-order valence-corrected chi connectivity index (χ2v) is 4.09. The fourth-order valence-electron chi connectivity index (χ4n) is 1.74. The van der Waals surface area contributed by atoms with Gasteiger partial charge in [-0.25, -0.2) is 4.98 Å². The molecule has 0 bridgehead atoms. The van der Waals surface area contributed by atoms with Crippen LogP contribution >= 0.6 is 0 Å². The van der Waals surface area contributed by atoms with E-state index < -0.39 is 0 Å². The van der Waals surface area contributed by atoms with Gasteiger partial charge in [0.15, 0.2) is 0 Å². The Kier molecular flexibility index (Phi) is 3.82. The minimum Gasteiger partial charge on any atom is -0.478 e. The fourth-order valence-corrected chi connectivity index (χ4v) is 1.74. The quantitative estimate of drug-likeness (QED) is 0.878. The maximum atomic E-state index is 5.29. The zero-order valence-electron chi connectivity index (χ0n) is 11.0. The highest BCUT2D eigenvalue weighted by Crippen LogP contribution is 2.13. The first-order chi connectivity index (χ1) is 8.69. The SMILES string of the molecule is CCOc1ccc(NCc2cn(C)nc2C)cn1. The number of aromatic nitrogens is 3. The lowest BCUT2D eigenvalue weighted by Gasteiger charge is -2.06. The number of rotatable bonds is 5. The van der Waals surface area contributed by atoms with Gasteiger partial charge in [-0.3, -0.25) is 4.68 Å². The van der Waals surface area contributed by atoms with Crippen LogP contribution < -0.4 is 10.1 Å². The zero-order valence-corrected chi connectivity index (χ0v) is 11.0. The molecule has 0 radical (unpaired) electrons. The number of anilines is 1. The van der Waals surface area contributed by atoms with Gasteiger partial charge in [0.25, 0.3) is 0 Å². The van der Waals surface area contributed by atoms with E-state index in [1.165, 1.54) is 5.56 Å². The number of hydrogen-bond acceptors (Lipinski definition) is 4. The lowest BCUT2D eigenvalue weighted by molar-refractivity contribution is 0.327. The van der Waals surface area contributed by atoms with E-state index in [2.05, 4.69) is 15.4 Å². The molecule has 0 saturated heterocycles. The van der Waals surface area contributed by atoms with Crippen LogP contribution in [0.4, 0.5) is 5.69 Å². The lowest BCUT2D eigenvalue weighted by atomic mass is 10.2. The molecule has 18 heavy (non-hydrogen) atoms. The topological polar surface area (TPSA) is 52.0 Å². The van der Waals surface area contributed by atoms with Gasteiger partial charge in [0.05, 0.1) is 24.2 Å². The molecule has 2 aromatic rings. The smallest absolute Gasteiger partial charge is 0.213 e. The van der Waals surface area contributed by atoms with Crippen molar-refractivity contribution in [3.05, 3.63) is 35.8 Å². The first-order valence-electron chi connectivity index (χ1n) is 6.01. The molecular weight excluding hydrogens is 228 g/mol. The van der Waals surface area contributed by atoms with Gasteiger partial charge in [-0.2, -0.15) is 5.10 Å². The molecule has 5 nitrogen and oxygen atoms in total. The van der Waals surface area contributed by atoms with Crippen LogP contribution in [0.3, 0.4) is 0 Å². The monoisotopic (exact) mass is 246 g/mol. The third-order valence-electron chi connectivity index (χ3n) is 2.63. The highest BCUT2D eigenvalue weighted by Gasteiger charge is 2.02. The minimum absolute atomic E-state index is 0.634. The van der Waals surface area contributed by atoms with Gasteiger partial charge in [0.2, 0.25) is 5.88 Å². The summed E-state index contributed by atoms with van der Waals surface area (Å²) < 4.78 is 7.12. The van der Waals surface area contributed by atoms with Gasteiger partial charge >= 0.3 is 0 Å². The Labute approximate surface area is 107 Å². The summed E-state index contributed by atoms with van der Waals surface area (Å²) in [7, 11) is 1.93. The summed E-state index contributed by atoms with van der Waals surface area (Å²) in [5.74, 6) is 0.653. The van der Waals surface area contributed by atoms with Crippen LogP contribution in [0.1, 0.15) is 18.2 Å². The first kappa shape index (κ1) is 12.4. The Morgan fingerprint density at radius 3 is 2.78 bits per heavy atom. The molecule has 96 valence electrons. The number of pyridine rings is 1. The minimum atomic E-state index is 0.634. The van der Waals surface area contributed by atoms with E-state index in [-0.39, 0.29) is 0 Å². The van der Waals surface area contributed by atoms with E-state index in [1.807, 2.05) is 43.9 Å². The predicted octanol–water partition coefficient (Wildman–Crippen LogP) is 2.13. The van der Waals surface area contributed by atoms with Crippen molar-refractivity contribution in [3.63, 3.8) is 0 Å². The number of aryl methyl sites for hydroxylation is 2. The molecule has 1 N–H and O–H groups in total. The Hall–Kier alpha value is -2.04. The van der Waals surface area contributed by atoms with E-state index in [1.54, 1.807) is 6.20 Å². The third-order valence-corrected chi connectivity index (χ3v) is 2.63. The second-order valence-electron chi connectivity index (χ2n) is 4.09. The molecule has 0 atom stereocenters. The predicted molar refractivity (Wildman–Crippen MR) is 70.7 cm³/mol. The summed E-state index contributed by atoms with van der Waals surface area (Å²) in [6.45, 7) is 5.33. The van der Waals surface area contributed by atoms with E-state index in [0.29, 0.717) is 12.5 Å². The first-order valence-corrected chi connectivity index (χ1v) is 6.01. The Balaban J connectivity index is 1.95. The van der Waals surface area contributed by atoms with E-state index >= 15 is 0 Å². The molecule has 0 aliphatic heterocycles. The van der Waals surface area contributed by atoms with Gasteiger partial charge in [-0.05, 0) is 19.9 Å². The number of nitrogens with zero attached hydrogens (tertiary/aromatic N) is 3. The summed E-state index contributed by atoms with van der Waals surface area (Å²) >= 11 is 0. The summed E-state index contributed by atoms with van der Waals surface area (Å²) in [6, 6.07) is 3.83. The van der Waals surface area contributed by atoms with Crippen LogP contribution in [0.25, 0.3) is 0 Å². The maximum absolute atomic E-state index is 5.29. The molecular formula is C13H18N4O. The van der Waals surface area contributed by atoms with Crippen LogP contribution in [-0.2, 0) is 13.6 Å². The summed E-state index contributed by atoms with van der Waals surface area (Å²) in [5, 5.41) is 7.62. The van der Waals surface area contributed by atoms with Crippen molar-refractivity contribution in [3.8, 4) is 5.88 Å². The molecule has 2 rings (SSSR count).